The normalized spacial score (nSPS) is 13.6. The Morgan fingerprint density at radius 1 is 1.05 bits per heavy atom. The molecule has 0 aliphatic carbocycles. The molecule has 1 aliphatic heterocycles. The molecule has 1 amide bonds. The maximum Gasteiger partial charge on any atom is 0.251 e. The summed E-state index contributed by atoms with van der Waals surface area (Å²) in [7, 11) is 0. The Hall–Kier alpha value is -3.71. The molecule has 0 bridgehead atoms. The Morgan fingerprint density at radius 2 is 1.81 bits per heavy atom. The molecular weight excluding hydrogens is 460 g/mol. The number of nitrogens with zero attached hydrogens (tertiary/aromatic N) is 3. The van der Waals surface area contributed by atoms with Gasteiger partial charge in [0.25, 0.3) is 5.91 Å². The van der Waals surface area contributed by atoms with Crippen molar-refractivity contribution in [3.05, 3.63) is 77.7 Å². The number of carbonyl (C=O) groups is 1. The Balaban J connectivity index is 0.00000156. The Labute approximate surface area is 219 Å². The zero-order valence-electron chi connectivity index (χ0n) is 22.3. The van der Waals surface area contributed by atoms with E-state index in [2.05, 4.69) is 57.1 Å². The lowest BCUT2D eigenvalue weighted by Crippen LogP contribution is -2.31. The number of carbonyl (C=O) groups excluding carboxylic acids is 1. The van der Waals surface area contributed by atoms with Gasteiger partial charge in [-0.2, -0.15) is 0 Å². The Bertz CT molecular complexity index is 1320. The molecule has 0 radical (unpaired) electrons. The molecular formula is C30H38N6O. The molecule has 3 N–H and O–H groups in total. The van der Waals surface area contributed by atoms with Gasteiger partial charge in [-0.3, -0.25) is 9.20 Å². The van der Waals surface area contributed by atoms with Crippen molar-refractivity contribution in [1.82, 2.24) is 25.0 Å². The number of aromatic nitrogens is 3. The number of nitrogens with one attached hydrogen (secondary N) is 3. The number of fused-ring (bicyclic) bond motifs is 1. The number of hydrogen-bond donors (Lipinski definition) is 3. The molecule has 4 aromatic rings. The van der Waals surface area contributed by atoms with Gasteiger partial charge in [0.2, 0.25) is 0 Å². The predicted octanol–water partition coefficient (Wildman–Crippen LogP) is 5.90. The van der Waals surface area contributed by atoms with E-state index in [9.17, 15) is 4.79 Å². The fourth-order valence-corrected chi connectivity index (χ4v) is 4.73. The molecule has 2 aromatic carbocycles. The lowest BCUT2D eigenvalue weighted by molar-refractivity contribution is 0.0950. The highest BCUT2D eigenvalue weighted by Crippen LogP contribution is 2.26. The summed E-state index contributed by atoms with van der Waals surface area (Å²) in [6.45, 7) is 10.9. The molecule has 37 heavy (non-hydrogen) atoms. The van der Waals surface area contributed by atoms with Crippen LogP contribution >= 0.6 is 0 Å². The predicted molar refractivity (Wildman–Crippen MR) is 152 cm³/mol. The minimum Gasteiger partial charge on any atom is -0.352 e. The molecule has 5 rings (SSSR count). The summed E-state index contributed by atoms with van der Waals surface area (Å²) in [5.74, 6) is 1.36. The Kier molecular flexibility index (Phi) is 8.90. The van der Waals surface area contributed by atoms with E-state index in [1.807, 2.05) is 55.8 Å². The lowest BCUT2D eigenvalue weighted by atomic mass is 9.95. The van der Waals surface area contributed by atoms with Gasteiger partial charge in [-0.25, -0.2) is 9.97 Å². The average molecular weight is 499 g/mol. The van der Waals surface area contributed by atoms with Crippen LogP contribution in [0, 0.1) is 19.8 Å². The van der Waals surface area contributed by atoms with Gasteiger partial charge in [-0.05, 0) is 75.9 Å². The van der Waals surface area contributed by atoms with Crippen LogP contribution in [0.25, 0.3) is 16.9 Å². The highest BCUT2D eigenvalue weighted by atomic mass is 16.1. The van der Waals surface area contributed by atoms with Crippen LogP contribution in [0.4, 0.5) is 11.5 Å². The number of imidazole rings is 1. The number of benzene rings is 2. The van der Waals surface area contributed by atoms with E-state index in [0.29, 0.717) is 17.3 Å². The smallest absolute Gasteiger partial charge is 0.251 e. The monoisotopic (exact) mass is 498 g/mol. The fourth-order valence-electron chi connectivity index (χ4n) is 4.73. The van der Waals surface area contributed by atoms with Crippen molar-refractivity contribution in [2.45, 2.75) is 47.0 Å². The molecule has 0 unspecified atom stereocenters. The van der Waals surface area contributed by atoms with Crippen molar-refractivity contribution in [3.63, 3.8) is 0 Å². The van der Waals surface area contributed by atoms with E-state index in [1.54, 1.807) is 6.20 Å². The number of hydrogen-bond acceptors (Lipinski definition) is 5. The maximum atomic E-state index is 12.7. The molecule has 1 saturated heterocycles. The van der Waals surface area contributed by atoms with Crippen LogP contribution in [-0.2, 0) is 0 Å². The van der Waals surface area contributed by atoms with Gasteiger partial charge in [-0.15, -0.1) is 0 Å². The fraction of sp³-hybridized carbons (Fsp3) is 0.367. The van der Waals surface area contributed by atoms with E-state index in [-0.39, 0.29) is 5.91 Å². The number of rotatable bonds is 7. The van der Waals surface area contributed by atoms with Crippen molar-refractivity contribution in [2.24, 2.45) is 5.92 Å². The van der Waals surface area contributed by atoms with Crippen LogP contribution < -0.4 is 16.0 Å². The zero-order valence-corrected chi connectivity index (χ0v) is 22.3. The number of aryl methyl sites for hydroxylation is 2. The van der Waals surface area contributed by atoms with E-state index < -0.39 is 0 Å². The van der Waals surface area contributed by atoms with Crippen LogP contribution in [0.15, 0.2) is 61.1 Å². The van der Waals surface area contributed by atoms with Gasteiger partial charge in [-0.1, -0.05) is 43.7 Å². The standard InChI is InChI=1S/C28H32N6O.C2H6/c1-19-3-5-22(6-4-19)25-18-32-27-26(30-15-16-34(25)27)33-23-7-8-24(20(2)17-23)28(35)31-14-11-21-9-12-29-13-10-21;1-2/h3-8,15-18,21,29H,9-14H2,1-2H3,(H,30,33)(H,31,35);1-2H3. The quantitative estimate of drug-likeness (QED) is 0.295. The minimum absolute atomic E-state index is 0.0146. The first-order valence-corrected chi connectivity index (χ1v) is 13.3. The molecule has 7 nitrogen and oxygen atoms in total. The summed E-state index contributed by atoms with van der Waals surface area (Å²) in [4.78, 5) is 21.9. The molecule has 0 spiro atoms. The SMILES string of the molecule is CC.Cc1ccc(-c2cnc3c(Nc4ccc(C(=O)NCCC5CCNCC5)c(C)c4)nccn23)cc1. The first-order valence-electron chi connectivity index (χ1n) is 13.3. The van der Waals surface area contributed by atoms with Crippen molar-refractivity contribution < 1.29 is 4.79 Å². The van der Waals surface area contributed by atoms with E-state index >= 15 is 0 Å². The summed E-state index contributed by atoms with van der Waals surface area (Å²) in [5, 5.41) is 9.87. The number of piperidine rings is 1. The van der Waals surface area contributed by atoms with Crippen LogP contribution in [-0.4, -0.2) is 39.9 Å². The number of amides is 1. The summed E-state index contributed by atoms with van der Waals surface area (Å²) >= 11 is 0. The van der Waals surface area contributed by atoms with Crippen molar-refractivity contribution in [1.29, 1.82) is 0 Å². The second kappa shape index (κ2) is 12.5. The van der Waals surface area contributed by atoms with Crippen LogP contribution in [0.5, 0.6) is 0 Å². The first kappa shape index (κ1) is 26.4. The van der Waals surface area contributed by atoms with Crippen LogP contribution in [0.3, 0.4) is 0 Å². The third kappa shape index (κ3) is 6.35. The van der Waals surface area contributed by atoms with Crippen molar-refractivity contribution in [3.8, 4) is 11.3 Å². The highest BCUT2D eigenvalue weighted by molar-refractivity contribution is 5.96. The molecule has 3 heterocycles. The Morgan fingerprint density at radius 3 is 2.54 bits per heavy atom. The second-order valence-corrected chi connectivity index (χ2v) is 9.37. The van der Waals surface area contributed by atoms with Crippen LogP contribution in [0.2, 0.25) is 0 Å². The third-order valence-corrected chi connectivity index (χ3v) is 6.81. The van der Waals surface area contributed by atoms with Crippen molar-refractivity contribution in [2.75, 3.05) is 25.0 Å². The number of anilines is 2. The molecule has 0 atom stereocenters. The van der Waals surface area contributed by atoms with E-state index in [0.717, 1.165) is 54.2 Å². The van der Waals surface area contributed by atoms with Gasteiger partial charge < -0.3 is 16.0 Å². The second-order valence-electron chi connectivity index (χ2n) is 9.37. The molecule has 1 fully saturated rings. The van der Waals surface area contributed by atoms with Gasteiger partial charge in [0, 0.05) is 35.8 Å². The minimum atomic E-state index is -0.0146. The first-order chi connectivity index (χ1) is 18.1. The zero-order chi connectivity index (χ0) is 26.2. The molecule has 0 saturated carbocycles. The molecule has 194 valence electrons. The average Bonchev–Trinajstić information content (AvgIpc) is 3.36. The van der Waals surface area contributed by atoms with Gasteiger partial charge in [0.15, 0.2) is 11.5 Å². The summed E-state index contributed by atoms with van der Waals surface area (Å²) in [5.41, 5.74) is 6.58. The van der Waals surface area contributed by atoms with E-state index in [1.165, 1.54) is 18.4 Å². The van der Waals surface area contributed by atoms with Gasteiger partial charge in [0.1, 0.15) is 0 Å². The topological polar surface area (TPSA) is 83.3 Å². The summed E-state index contributed by atoms with van der Waals surface area (Å²) in [6.07, 6.45) is 8.99. The van der Waals surface area contributed by atoms with Gasteiger partial charge >= 0.3 is 0 Å². The summed E-state index contributed by atoms with van der Waals surface area (Å²) in [6, 6.07) is 14.2. The van der Waals surface area contributed by atoms with Crippen LogP contribution in [0.1, 0.15) is 54.6 Å². The summed E-state index contributed by atoms with van der Waals surface area (Å²) < 4.78 is 2.04. The maximum absolute atomic E-state index is 12.7. The highest BCUT2D eigenvalue weighted by Gasteiger charge is 2.15. The molecule has 7 heteroatoms. The largest absolute Gasteiger partial charge is 0.352 e. The molecule has 1 aliphatic rings. The van der Waals surface area contributed by atoms with E-state index in [4.69, 9.17) is 0 Å². The lowest BCUT2D eigenvalue weighted by Gasteiger charge is -2.22. The third-order valence-electron chi connectivity index (χ3n) is 6.81. The molecule has 2 aromatic heterocycles. The van der Waals surface area contributed by atoms with Crippen molar-refractivity contribution >= 4 is 23.1 Å². The van der Waals surface area contributed by atoms with Gasteiger partial charge in [0.05, 0.1) is 11.9 Å².